The summed E-state index contributed by atoms with van der Waals surface area (Å²) < 4.78 is 13.3. The van der Waals surface area contributed by atoms with Gasteiger partial charge >= 0.3 is 0 Å². The van der Waals surface area contributed by atoms with Gasteiger partial charge in [-0.3, -0.25) is 9.59 Å². The van der Waals surface area contributed by atoms with E-state index in [4.69, 9.17) is 0 Å². The molecule has 0 radical (unpaired) electrons. The minimum absolute atomic E-state index is 0. The maximum Gasteiger partial charge on any atom is 0.252 e. The topological polar surface area (TPSA) is 74.0 Å². The lowest BCUT2D eigenvalue weighted by Crippen LogP contribution is -2.52. The van der Waals surface area contributed by atoms with Gasteiger partial charge in [0.25, 0.3) is 5.91 Å². The Hall–Kier alpha value is -1.92. The molecule has 124 valence electrons. The van der Waals surface area contributed by atoms with E-state index in [0.29, 0.717) is 10.9 Å². The van der Waals surface area contributed by atoms with Crippen LogP contribution in [0.1, 0.15) is 30.1 Å². The normalized spacial score (nSPS) is 20.8. The quantitative estimate of drug-likeness (QED) is 0.783. The van der Waals surface area contributed by atoms with Crippen molar-refractivity contribution in [3.8, 4) is 0 Å². The number of pyridine rings is 1. The molecule has 1 amide bonds. The summed E-state index contributed by atoms with van der Waals surface area (Å²) in [7, 11) is 0. The monoisotopic (exact) mass is 339 g/mol. The fourth-order valence-electron chi connectivity index (χ4n) is 2.91. The molecule has 7 heteroatoms. The van der Waals surface area contributed by atoms with Gasteiger partial charge in [-0.05, 0) is 44.5 Å². The highest BCUT2D eigenvalue weighted by Gasteiger charge is 2.23. The molecule has 0 spiro atoms. The van der Waals surface area contributed by atoms with Crippen LogP contribution in [-0.2, 0) is 0 Å². The van der Waals surface area contributed by atoms with Crippen LogP contribution in [0.15, 0.2) is 29.1 Å². The van der Waals surface area contributed by atoms with E-state index in [-0.39, 0.29) is 36.0 Å². The highest BCUT2D eigenvalue weighted by atomic mass is 35.5. The van der Waals surface area contributed by atoms with Crippen molar-refractivity contribution < 1.29 is 9.18 Å². The van der Waals surface area contributed by atoms with Crippen LogP contribution < -0.4 is 16.2 Å². The number of carbonyl (C=O) groups excluding carboxylic acids is 1. The van der Waals surface area contributed by atoms with Crippen LogP contribution in [0, 0.1) is 5.82 Å². The summed E-state index contributed by atoms with van der Waals surface area (Å²) in [5.41, 5.74) is 0.182. The first-order valence-corrected chi connectivity index (χ1v) is 7.41. The molecule has 2 atom stereocenters. The van der Waals surface area contributed by atoms with Gasteiger partial charge in [-0.15, -0.1) is 12.4 Å². The molecule has 3 rings (SSSR count). The Bertz CT molecular complexity index is 777. The SMILES string of the molecule is CC1NCCCC1NC(=O)c1cc(=O)[nH]c2cc(F)ccc12.Cl. The molecular formula is C16H19ClFN3O2. The van der Waals surface area contributed by atoms with Crippen LogP contribution in [0.5, 0.6) is 0 Å². The summed E-state index contributed by atoms with van der Waals surface area (Å²) in [4.78, 5) is 26.8. The van der Waals surface area contributed by atoms with Crippen LogP contribution in [-0.4, -0.2) is 29.5 Å². The molecule has 23 heavy (non-hydrogen) atoms. The molecule has 5 nitrogen and oxygen atoms in total. The van der Waals surface area contributed by atoms with Crippen molar-refractivity contribution in [2.45, 2.75) is 31.8 Å². The Labute approximate surface area is 139 Å². The second-order valence-corrected chi connectivity index (χ2v) is 5.70. The van der Waals surface area contributed by atoms with Crippen LogP contribution in [0.4, 0.5) is 4.39 Å². The van der Waals surface area contributed by atoms with Crippen molar-refractivity contribution in [3.05, 3.63) is 46.0 Å². The van der Waals surface area contributed by atoms with E-state index in [9.17, 15) is 14.0 Å². The zero-order valence-corrected chi connectivity index (χ0v) is 13.5. The number of halogens is 2. The molecule has 1 aromatic heterocycles. The Morgan fingerprint density at radius 3 is 2.87 bits per heavy atom. The number of fused-ring (bicyclic) bond motifs is 1. The van der Waals surface area contributed by atoms with Crippen molar-refractivity contribution >= 4 is 29.2 Å². The van der Waals surface area contributed by atoms with Crippen molar-refractivity contribution in [2.24, 2.45) is 0 Å². The third-order valence-corrected chi connectivity index (χ3v) is 4.13. The predicted octanol–water partition coefficient (Wildman–Crippen LogP) is 1.96. The standard InChI is InChI=1S/C16H18FN3O2.ClH/c1-9-13(3-2-6-18-9)20-16(22)12-8-15(21)19-14-7-10(17)4-5-11(12)14;/h4-5,7-9,13,18H,2-3,6H2,1H3,(H,19,21)(H,20,22);1H. The molecule has 1 aliphatic heterocycles. The van der Waals surface area contributed by atoms with E-state index in [1.54, 1.807) is 0 Å². The average molecular weight is 340 g/mol. The number of H-pyrrole nitrogens is 1. The summed E-state index contributed by atoms with van der Waals surface area (Å²) in [6.07, 6.45) is 1.90. The minimum atomic E-state index is -0.453. The van der Waals surface area contributed by atoms with E-state index >= 15 is 0 Å². The number of rotatable bonds is 2. The number of nitrogens with one attached hydrogen (secondary N) is 3. The summed E-state index contributed by atoms with van der Waals surface area (Å²) in [6, 6.07) is 5.48. The lowest BCUT2D eigenvalue weighted by atomic mass is 9.99. The highest BCUT2D eigenvalue weighted by molar-refractivity contribution is 6.06. The lowest BCUT2D eigenvalue weighted by Gasteiger charge is -2.30. The Kier molecular flexibility index (Phi) is 5.38. The molecule has 0 bridgehead atoms. The van der Waals surface area contributed by atoms with Gasteiger partial charge in [-0.1, -0.05) is 0 Å². The highest BCUT2D eigenvalue weighted by Crippen LogP contribution is 2.17. The molecule has 3 N–H and O–H groups in total. The average Bonchev–Trinajstić information content (AvgIpc) is 2.48. The van der Waals surface area contributed by atoms with Crippen molar-refractivity contribution in [1.29, 1.82) is 0 Å². The summed E-state index contributed by atoms with van der Waals surface area (Å²) in [6.45, 7) is 2.97. The van der Waals surface area contributed by atoms with E-state index in [0.717, 1.165) is 19.4 Å². The lowest BCUT2D eigenvalue weighted by molar-refractivity contribution is 0.0921. The third-order valence-electron chi connectivity index (χ3n) is 4.13. The molecular weight excluding hydrogens is 321 g/mol. The first-order valence-electron chi connectivity index (χ1n) is 7.41. The van der Waals surface area contributed by atoms with Gasteiger partial charge in [0.05, 0.1) is 11.1 Å². The van der Waals surface area contributed by atoms with Gasteiger partial charge in [0, 0.05) is 23.5 Å². The van der Waals surface area contributed by atoms with Gasteiger partial charge in [-0.2, -0.15) is 0 Å². The second-order valence-electron chi connectivity index (χ2n) is 5.70. The summed E-state index contributed by atoms with van der Waals surface area (Å²) in [5, 5.41) is 6.82. The number of carbonyl (C=O) groups is 1. The number of amides is 1. The van der Waals surface area contributed by atoms with Crippen LogP contribution >= 0.6 is 12.4 Å². The van der Waals surface area contributed by atoms with Crippen LogP contribution in [0.25, 0.3) is 10.9 Å². The third kappa shape index (κ3) is 3.71. The van der Waals surface area contributed by atoms with E-state index in [1.807, 2.05) is 6.92 Å². The van der Waals surface area contributed by atoms with Crippen molar-refractivity contribution in [1.82, 2.24) is 15.6 Å². The maximum absolute atomic E-state index is 13.3. The summed E-state index contributed by atoms with van der Waals surface area (Å²) in [5.74, 6) is -0.755. The number of hydrogen-bond donors (Lipinski definition) is 3. The van der Waals surface area contributed by atoms with E-state index in [2.05, 4.69) is 15.6 Å². The fraction of sp³-hybridized carbons (Fsp3) is 0.375. The predicted molar refractivity (Wildman–Crippen MR) is 89.7 cm³/mol. The molecule has 2 aromatic rings. The van der Waals surface area contributed by atoms with Gasteiger partial charge in [-0.25, -0.2) is 4.39 Å². The molecule has 1 aliphatic rings. The molecule has 1 fully saturated rings. The molecule has 1 saturated heterocycles. The van der Waals surface area contributed by atoms with Gasteiger partial charge in [0.1, 0.15) is 5.82 Å². The first-order chi connectivity index (χ1) is 10.5. The fourth-order valence-corrected chi connectivity index (χ4v) is 2.91. The second kappa shape index (κ2) is 7.10. The number of benzene rings is 1. The molecule has 0 aliphatic carbocycles. The minimum Gasteiger partial charge on any atom is -0.348 e. The number of aromatic nitrogens is 1. The Balaban J connectivity index is 0.00000192. The zero-order valence-electron chi connectivity index (χ0n) is 12.7. The molecule has 1 aromatic carbocycles. The van der Waals surface area contributed by atoms with E-state index < -0.39 is 11.4 Å². The number of hydrogen-bond acceptors (Lipinski definition) is 3. The Morgan fingerprint density at radius 1 is 1.35 bits per heavy atom. The van der Waals surface area contributed by atoms with E-state index in [1.165, 1.54) is 24.3 Å². The van der Waals surface area contributed by atoms with Gasteiger partial charge < -0.3 is 15.6 Å². The van der Waals surface area contributed by atoms with Crippen LogP contribution in [0.3, 0.4) is 0 Å². The van der Waals surface area contributed by atoms with Crippen molar-refractivity contribution in [3.63, 3.8) is 0 Å². The molecule has 2 unspecified atom stereocenters. The number of piperidine rings is 1. The van der Waals surface area contributed by atoms with Crippen LogP contribution in [0.2, 0.25) is 0 Å². The van der Waals surface area contributed by atoms with Crippen molar-refractivity contribution in [2.75, 3.05) is 6.54 Å². The summed E-state index contributed by atoms with van der Waals surface area (Å²) >= 11 is 0. The largest absolute Gasteiger partial charge is 0.348 e. The first kappa shape index (κ1) is 17.4. The number of aromatic amines is 1. The smallest absolute Gasteiger partial charge is 0.252 e. The maximum atomic E-state index is 13.3. The van der Waals surface area contributed by atoms with Gasteiger partial charge in [0.2, 0.25) is 5.56 Å². The van der Waals surface area contributed by atoms with Gasteiger partial charge in [0.15, 0.2) is 0 Å². The molecule has 2 heterocycles. The Morgan fingerprint density at radius 2 is 2.13 bits per heavy atom. The zero-order chi connectivity index (χ0) is 15.7. The molecule has 0 saturated carbocycles.